The summed E-state index contributed by atoms with van der Waals surface area (Å²) in [6.45, 7) is 8.11. The van der Waals surface area contributed by atoms with E-state index in [0.29, 0.717) is 31.5 Å². The van der Waals surface area contributed by atoms with Crippen molar-refractivity contribution in [3.8, 4) is 0 Å². The number of aromatic nitrogens is 1. The molecule has 9 heteroatoms. The summed E-state index contributed by atoms with van der Waals surface area (Å²) in [5.74, 6) is -0.802. The van der Waals surface area contributed by atoms with Crippen LogP contribution in [0.4, 0.5) is 4.39 Å². The fraction of sp³-hybridized carbons (Fsp3) is 0.615. The van der Waals surface area contributed by atoms with Gasteiger partial charge in [0, 0.05) is 24.3 Å². The van der Waals surface area contributed by atoms with E-state index in [4.69, 9.17) is 4.74 Å². The number of aliphatic hydroxyl groups excluding tert-OH is 2. The molecule has 0 aliphatic carbocycles. The van der Waals surface area contributed by atoms with Crippen molar-refractivity contribution in [3.05, 3.63) is 57.8 Å². The van der Waals surface area contributed by atoms with Crippen LogP contribution in [0.2, 0.25) is 0 Å². The van der Waals surface area contributed by atoms with E-state index in [9.17, 15) is 24.2 Å². The third kappa shape index (κ3) is 7.83. The molecule has 1 aromatic heterocycles. The van der Waals surface area contributed by atoms with Crippen LogP contribution in [0, 0.1) is 11.3 Å². The number of pyridine rings is 1. The van der Waals surface area contributed by atoms with Crippen LogP contribution in [0.5, 0.6) is 0 Å². The topological polar surface area (TPSA) is 115 Å². The summed E-state index contributed by atoms with van der Waals surface area (Å²) in [6, 6.07) is 1.33. The highest BCUT2D eigenvalue weighted by Gasteiger charge is 2.32. The molecule has 0 saturated heterocycles. The first-order valence-electron chi connectivity index (χ1n) is 12.3. The summed E-state index contributed by atoms with van der Waals surface area (Å²) in [5, 5.41) is 23.0. The predicted octanol–water partition coefficient (Wildman–Crippen LogP) is 2.89. The number of rotatable bonds is 14. The minimum Gasteiger partial charge on any atom is -0.458 e. The third-order valence-electron chi connectivity index (χ3n) is 6.73. The predicted molar refractivity (Wildman–Crippen MR) is 133 cm³/mol. The number of likely N-dealkylation sites (N-methyl/N-ethyl adjacent to an activating group) is 1. The van der Waals surface area contributed by atoms with E-state index < -0.39 is 17.6 Å². The molecule has 0 aromatic carbocycles. The van der Waals surface area contributed by atoms with Gasteiger partial charge in [-0.15, -0.1) is 0 Å². The molecule has 2 heterocycles. The van der Waals surface area contributed by atoms with Crippen LogP contribution >= 0.6 is 0 Å². The molecule has 1 aliphatic rings. The molecule has 0 saturated carbocycles. The fourth-order valence-electron chi connectivity index (χ4n) is 4.40. The lowest BCUT2D eigenvalue weighted by atomic mass is 9.83. The largest absolute Gasteiger partial charge is 0.458 e. The molecule has 196 valence electrons. The first kappa shape index (κ1) is 28.9. The van der Waals surface area contributed by atoms with Crippen molar-refractivity contribution >= 4 is 5.97 Å². The average Bonchev–Trinajstić information content (AvgIpc) is 2.83. The third-order valence-corrected chi connectivity index (χ3v) is 6.73. The molecule has 8 nitrogen and oxygen atoms in total. The molecule has 0 bridgehead atoms. The van der Waals surface area contributed by atoms with Gasteiger partial charge in [-0.25, -0.2) is 9.18 Å². The van der Waals surface area contributed by atoms with E-state index in [1.165, 1.54) is 6.08 Å². The summed E-state index contributed by atoms with van der Waals surface area (Å²) in [6.07, 6.45) is 6.87. The van der Waals surface area contributed by atoms with Crippen LogP contribution in [-0.4, -0.2) is 59.4 Å². The van der Waals surface area contributed by atoms with Crippen LogP contribution in [0.3, 0.4) is 0 Å². The van der Waals surface area contributed by atoms with Gasteiger partial charge in [0.15, 0.2) is 6.10 Å². The normalized spacial score (nSPS) is 19.7. The van der Waals surface area contributed by atoms with Crippen molar-refractivity contribution in [1.29, 1.82) is 0 Å². The van der Waals surface area contributed by atoms with Crippen molar-refractivity contribution in [2.24, 2.45) is 11.3 Å². The molecule has 1 aliphatic heterocycles. The van der Waals surface area contributed by atoms with Gasteiger partial charge in [0.2, 0.25) is 0 Å². The maximum absolute atomic E-state index is 12.8. The van der Waals surface area contributed by atoms with Gasteiger partial charge in [-0.2, -0.15) is 0 Å². The number of H-pyrrole nitrogens is 1. The molecule has 4 atom stereocenters. The standard InChI is InChI=1S/C26H40FN3O5/c1-5-18(9-10-26(3,6-2)17-30(4)13-14-31)22(28-12-8-7-11-27)21-15-19-20(24(33)29-21)16-35-25(34)23(19)32/h7,9-11,15,18,22-23,28,31-32H,5-6,8,12-14,16-17H2,1-4H3,(H,29,33)/b10-9+,11-7+/t18?,22?,23-,26-/m0/s1. The van der Waals surface area contributed by atoms with E-state index in [1.54, 1.807) is 6.07 Å². The lowest BCUT2D eigenvalue weighted by Crippen LogP contribution is -2.35. The number of nitrogens with zero attached hydrogens (tertiary/aromatic N) is 1. The van der Waals surface area contributed by atoms with Crippen LogP contribution in [0.15, 0.2) is 35.4 Å². The van der Waals surface area contributed by atoms with Crippen LogP contribution in [-0.2, 0) is 16.1 Å². The molecule has 4 N–H and O–H groups in total. The Labute approximate surface area is 206 Å². The number of carbonyl (C=O) groups is 1. The van der Waals surface area contributed by atoms with E-state index in [-0.39, 0.29) is 41.7 Å². The summed E-state index contributed by atoms with van der Waals surface area (Å²) in [4.78, 5) is 29.7. The maximum Gasteiger partial charge on any atom is 0.340 e. The van der Waals surface area contributed by atoms with Gasteiger partial charge in [-0.1, -0.05) is 39.0 Å². The number of hydrogen-bond donors (Lipinski definition) is 4. The van der Waals surface area contributed by atoms with Crippen molar-refractivity contribution < 1.29 is 24.1 Å². The Morgan fingerprint density at radius 2 is 2.14 bits per heavy atom. The number of cyclic esters (lactones) is 1. The second-order valence-corrected chi connectivity index (χ2v) is 9.48. The van der Waals surface area contributed by atoms with Gasteiger partial charge in [0.05, 0.1) is 24.5 Å². The lowest BCUT2D eigenvalue weighted by molar-refractivity contribution is -0.157. The zero-order valence-electron chi connectivity index (χ0n) is 21.2. The molecule has 0 spiro atoms. The second-order valence-electron chi connectivity index (χ2n) is 9.48. The van der Waals surface area contributed by atoms with Gasteiger partial charge in [0.1, 0.15) is 6.61 Å². The zero-order valence-corrected chi connectivity index (χ0v) is 21.2. The molecular formula is C26H40FN3O5. The van der Waals surface area contributed by atoms with Crippen LogP contribution in [0.25, 0.3) is 0 Å². The monoisotopic (exact) mass is 493 g/mol. The van der Waals surface area contributed by atoms with Gasteiger partial charge in [-0.05, 0) is 50.3 Å². The van der Waals surface area contributed by atoms with Gasteiger partial charge < -0.3 is 30.2 Å². The fourth-order valence-corrected chi connectivity index (χ4v) is 4.40. The number of carbonyl (C=O) groups excluding carboxylic acids is 1. The Bertz CT molecular complexity index is 947. The van der Waals surface area contributed by atoms with Crippen molar-refractivity contribution in [3.63, 3.8) is 0 Å². The van der Waals surface area contributed by atoms with E-state index in [1.807, 2.05) is 7.05 Å². The maximum atomic E-state index is 12.8. The number of nitrogens with one attached hydrogen (secondary N) is 2. The van der Waals surface area contributed by atoms with Crippen molar-refractivity contribution in [2.75, 3.05) is 33.3 Å². The number of aliphatic hydroxyl groups is 2. The molecular weight excluding hydrogens is 453 g/mol. The Morgan fingerprint density at radius 3 is 2.77 bits per heavy atom. The molecule has 2 unspecified atom stereocenters. The molecule has 0 fully saturated rings. The number of esters is 1. The smallest absolute Gasteiger partial charge is 0.340 e. The first-order chi connectivity index (χ1) is 16.7. The summed E-state index contributed by atoms with van der Waals surface area (Å²) >= 11 is 0. The van der Waals surface area contributed by atoms with Crippen molar-refractivity contribution in [2.45, 2.75) is 58.8 Å². The van der Waals surface area contributed by atoms with Gasteiger partial charge >= 0.3 is 5.97 Å². The number of aromatic amines is 1. The Balaban J connectivity index is 2.41. The summed E-state index contributed by atoms with van der Waals surface area (Å²) in [7, 11) is 1.98. The Morgan fingerprint density at radius 1 is 1.40 bits per heavy atom. The molecule has 35 heavy (non-hydrogen) atoms. The number of ether oxygens (including phenoxy) is 1. The first-order valence-corrected chi connectivity index (χ1v) is 12.3. The molecule has 2 rings (SSSR count). The van der Waals surface area contributed by atoms with Crippen LogP contribution in [0.1, 0.15) is 69.0 Å². The van der Waals surface area contributed by atoms with Gasteiger partial charge in [0.25, 0.3) is 5.56 Å². The zero-order chi connectivity index (χ0) is 26.0. The average molecular weight is 494 g/mol. The quantitative estimate of drug-likeness (QED) is 0.179. The number of hydrogen-bond acceptors (Lipinski definition) is 7. The number of fused-ring (bicyclic) bond motifs is 1. The highest BCUT2D eigenvalue weighted by atomic mass is 19.1. The molecule has 1 aromatic rings. The highest BCUT2D eigenvalue weighted by Crippen LogP contribution is 2.32. The van der Waals surface area contributed by atoms with Gasteiger partial charge in [-0.3, -0.25) is 4.79 Å². The minimum atomic E-state index is -1.50. The second kappa shape index (κ2) is 13.7. The number of halogens is 1. The van der Waals surface area contributed by atoms with E-state index in [0.717, 1.165) is 19.4 Å². The van der Waals surface area contributed by atoms with E-state index >= 15 is 0 Å². The molecule has 0 radical (unpaired) electrons. The lowest BCUT2D eigenvalue weighted by Gasteiger charge is -2.32. The van der Waals surface area contributed by atoms with E-state index in [2.05, 4.69) is 48.1 Å². The van der Waals surface area contributed by atoms with Crippen molar-refractivity contribution in [1.82, 2.24) is 15.2 Å². The highest BCUT2D eigenvalue weighted by molar-refractivity contribution is 5.78. The Kier molecular flexibility index (Phi) is 11.3. The molecule has 0 amide bonds. The van der Waals surface area contributed by atoms with Crippen LogP contribution < -0.4 is 10.9 Å². The SMILES string of the molecule is CCC(/C=C/[C@](C)(CC)CN(C)CCO)C(NCC/C=C/F)c1cc2c(c(=O)[nH]1)COC(=O)[C@H]2O. The summed E-state index contributed by atoms with van der Waals surface area (Å²) < 4.78 is 17.4. The summed E-state index contributed by atoms with van der Waals surface area (Å²) in [5.41, 5.74) is 0.538. The Hall–Kier alpha value is -2.33. The minimum absolute atomic E-state index is 0.0280.